The van der Waals surface area contributed by atoms with Gasteiger partial charge in [-0.05, 0) is 35.0 Å². The molecule has 2 rings (SSSR count). The maximum Gasteiger partial charge on any atom is 0.275 e. The number of ether oxygens (including phenoxy) is 1. The molecule has 0 aliphatic carbocycles. The molecule has 0 aliphatic heterocycles. The molecule has 2 aromatic rings. The first-order valence-corrected chi connectivity index (χ1v) is 6.95. The van der Waals surface area contributed by atoms with Crippen molar-refractivity contribution in [2.75, 3.05) is 0 Å². The predicted octanol–water partition coefficient (Wildman–Crippen LogP) is 4.45. The van der Waals surface area contributed by atoms with Crippen LogP contribution in [-0.4, -0.2) is 4.92 Å². The van der Waals surface area contributed by atoms with Gasteiger partial charge in [0.2, 0.25) is 0 Å². The summed E-state index contributed by atoms with van der Waals surface area (Å²) < 4.78 is 19.9. The highest BCUT2D eigenvalue weighted by atomic mass is 79.9. The number of halogens is 2. The molecule has 0 aliphatic rings. The number of benzene rings is 1. The van der Waals surface area contributed by atoms with Gasteiger partial charge in [-0.25, -0.2) is 4.39 Å². The van der Waals surface area contributed by atoms with Gasteiger partial charge in [-0.2, -0.15) is 0 Å². The van der Waals surface area contributed by atoms with E-state index in [1.807, 2.05) is 11.4 Å². The summed E-state index contributed by atoms with van der Waals surface area (Å²) in [5.41, 5.74) is 0.123. The van der Waals surface area contributed by atoms with E-state index in [9.17, 15) is 14.5 Å². The zero-order valence-corrected chi connectivity index (χ0v) is 12.3. The summed E-state index contributed by atoms with van der Waals surface area (Å²) in [5.74, 6) is -0.708. The number of nitro benzene ring substituents is 1. The Morgan fingerprint density at radius 2 is 2.21 bits per heavy atom. The van der Waals surface area contributed by atoms with Crippen molar-refractivity contribution in [3.8, 4) is 5.75 Å². The van der Waals surface area contributed by atoms with Gasteiger partial charge in [0.05, 0.1) is 11.0 Å². The Balaban J connectivity index is 2.17. The average molecular weight is 346 g/mol. The van der Waals surface area contributed by atoms with Crippen LogP contribution >= 0.6 is 27.3 Å². The van der Waals surface area contributed by atoms with Crippen molar-refractivity contribution in [2.24, 2.45) is 0 Å². The normalized spacial score (nSPS) is 10.5. The van der Waals surface area contributed by atoms with Crippen molar-refractivity contribution in [2.45, 2.75) is 13.5 Å². The van der Waals surface area contributed by atoms with E-state index in [2.05, 4.69) is 15.9 Å². The lowest BCUT2D eigenvalue weighted by Gasteiger charge is -2.07. The zero-order valence-electron chi connectivity index (χ0n) is 9.85. The monoisotopic (exact) mass is 345 g/mol. The summed E-state index contributed by atoms with van der Waals surface area (Å²) in [4.78, 5) is 11.0. The maximum atomic E-state index is 13.7. The molecule has 1 aromatic heterocycles. The Labute approximate surface area is 121 Å². The third-order valence-corrected chi connectivity index (χ3v) is 4.11. The van der Waals surface area contributed by atoms with Gasteiger partial charge in [0.1, 0.15) is 6.61 Å². The van der Waals surface area contributed by atoms with E-state index in [-0.39, 0.29) is 18.0 Å². The molecule has 0 radical (unpaired) electrons. The van der Waals surface area contributed by atoms with Crippen LogP contribution in [0, 0.1) is 22.9 Å². The molecule has 1 aromatic carbocycles. The lowest BCUT2D eigenvalue weighted by molar-refractivity contribution is -0.385. The van der Waals surface area contributed by atoms with Crippen molar-refractivity contribution in [1.82, 2.24) is 0 Å². The molecule has 19 heavy (non-hydrogen) atoms. The quantitative estimate of drug-likeness (QED) is 0.607. The molecular weight excluding hydrogens is 337 g/mol. The third kappa shape index (κ3) is 3.30. The molecule has 0 saturated heterocycles. The second-order valence-corrected chi connectivity index (χ2v) is 5.76. The Morgan fingerprint density at radius 1 is 1.47 bits per heavy atom. The number of nitro groups is 1. The summed E-state index contributed by atoms with van der Waals surface area (Å²) in [7, 11) is 0. The molecule has 0 spiro atoms. The van der Waals surface area contributed by atoms with E-state index >= 15 is 0 Å². The van der Waals surface area contributed by atoms with Gasteiger partial charge in [-0.1, -0.05) is 0 Å². The largest absolute Gasteiger partial charge is 0.485 e. The van der Waals surface area contributed by atoms with Crippen molar-refractivity contribution < 1.29 is 14.1 Å². The molecule has 4 nitrogen and oxygen atoms in total. The maximum absolute atomic E-state index is 13.7. The van der Waals surface area contributed by atoms with Crippen LogP contribution in [0.15, 0.2) is 28.1 Å². The lowest BCUT2D eigenvalue weighted by Crippen LogP contribution is -1.99. The highest BCUT2D eigenvalue weighted by Crippen LogP contribution is 2.28. The minimum absolute atomic E-state index is 0.0209. The first-order chi connectivity index (χ1) is 8.97. The standard InChI is InChI=1S/C12H9BrFNO3S/c1-7-2-12(10(14)4-11(7)15(16)17)18-5-9-3-8(13)6-19-9/h2-4,6H,5H2,1H3. The van der Waals surface area contributed by atoms with E-state index in [4.69, 9.17) is 4.74 Å². The zero-order chi connectivity index (χ0) is 14.0. The highest BCUT2D eigenvalue weighted by molar-refractivity contribution is 9.10. The number of hydrogen-bond acceptors (Lipinski definition) is 4. The lowest BCUT2D eigenvalue weighted by atomic mass is 10.2. The molecule has 0 bridgehead atoms. The highest BCUT2D eigenvalue weighted by Gasteiger charge is 2.16. The van der Waals surface area contributed by atoms with E-state index < -0.39 is 10.7 Å². The van der Waals surface area contributed by atoms with Crippen LogP contribution in [-0.2, 0) is 6.61 Å². The SMILES string of the molecule is Cc1cc(OCc2cc(Br)cs2)c(F)cc1[N+](=O)[O-]. The van der Waals surface area contributed by atoms with Gasteiger partial charge >= 0.3 is 0 Å². The minimum Gasteiger partial charge on any atom is -0.485 e. The van der Waals surface area contributed by atoms with E-state index in [1.54, 1.807) is 6.92 Å². The summed E-state index contributed by atoms with van der Waals surface area (Å²) in [5, 5.41) is 12.6. The van der Waals surface area contributed by atoms with Crippen LogP contribution in [0.5, 0.6) is 5.75 Å². The van der Waals surface area contributed by atoms with Gasteiger partial charge in [0.25, 0.3) is 5.69 Å². The average Bonchev–Trinajstić information content (AvgIpc) is 2.75. The van der Waals surface area contributed by atoms with Crippen LogP contribution in [0.1, 0.15) is 10.4 Å². The van der Waals surface area contributed by atoms with E-state index in [0.717, 1.165) is 15.4 Å². The van der Waals surface area contributed by atoms with E-state index in [1.165, 1.54) is 17.4 Å². The van der Waals surface area contributed by atoms with Crippen LogP contribution in [0.4, 0.5) is 10.1 Å². The topological polar surface area (TPSA) is 52.4 Å². The predicted molar refractivity (Wildman–Crippen MR) is 74.1 cm³/mol. The number of aryl methyl sites for hydroxylation is 1. The van der Waals surface area contributed by atoms with Crippen LogP contribution in [0.25, 0.3) is 0 Å². The number of rotatable bonds is 4. The smallest absolute Gasteiger partial charge is 0.275 e. The first kappa shape index (κ1) is 14.0. The third-order valence-electron chi connectivity index (χ3n) is 2.44. The minimum atomic E-state index is -0.729. The fraction of sp³-hybridized carbons (Fsp3) is 0.167. The van der Waals surface area contributed by atoms with Crippen LogP contribution in [0.2, 0.25) is 0 Å². The molecule has 0 N–H and O–H groups in total. The van der Waals surface area contributed by atoms with Crippen molar-refractivity contribution in [3.63, 3.8) is 0 Å². The Kier molecular flexibility index (Phi) is 4.16. The molecule has 0 fully saturated rings. The number of thiophene rings is 1. The Hall–Kier alpha value is -1.47. The summed E-state index contributed by atoms with van der Waals surface area (Å²) in [6, 6.07) is 4.10. The molecule has 7 heteroatoms. The van der Waals surface area contributed by atoms with Crippen molar-refractivity contribution in [3.05, 3.63) is 54.4 Å². The van der Waals surface area contributed by atoms with Gasteiger partial charge in [0.15, 0.2) is 11.6 Å². The van der Waals surface area contributed by atoms with Crippen molar-refractivity contribution >= 4 is 33.0 Å². The summed E-state index contributed by atoms with van der Waals surface area (Å²) in [6.45, 7) is 1.77. The van der Waals surface area contributed by atoms with Gasteiger partial charge < -0.3 is 4.74 Å². The summed E-state index contributed by atoms with van der Waals surface area (Å²) >= 11 is 4.80. The second-order valence-electron chi connectivity index (χ2n) is 3.85. The van der Waals surface area contributed by atoms with Gasteiger partial charge in [-0.3, -0.25) is 10.1 Å². The molecule has 0 atom stereocenters. The Morgan fingerprint density at radius 3 is 2.79 bits per heavy atom. The fourth-order valence-corrected chi connectivity index (χ4v) is 2.89. The number of hydrogen-bond donors (Lipinski definition) is 0. The molecular formula is C12H9BrFNO3S. The second kappa shape index (κ2) is 5.66. The Bertz CT molecular complexity index is 629. The fourth-order valence-electron chi connectivity index (χ4n) is 1.53. The first-order valence-electron chi connectivity index (χ1n) is 5.27. The van der Waals surface area contributed by atoms with E-state index in [0.29, 0.717) is 5.56 Å². The number of nitrogens with zero attached hydrogens (tertiary/aromatic N) is 1. The molecule has 0 unspecified atom stereocenters. The summed E-state index contributed by atoms with van der Waals surface area (Å²) in [6.07, 6.45) is 0. The van der Waals surface area contributed by atoms with Crippen LogP contribution < -0.4 is 4.74 Å². The van der Waals surface area contributed by atoms with Crippen molar-refractivity contribution in [1.29, 1.82) is 0 Å². The molecule has 100 valence electrons. The van der Waals surface area contributed by atoms with Crippen LogP contribution in [0.3, 0.4) is 0 Å². The van der Waals surface area contributed by atoms with Gasteiger partial charge in [0, 0.05) is 20.3 Å². The molecule has 0 saturated carbocycles. The molecule has 0 amide bonds. The molecule has 1 heterocycles. The van der Waals surface area contributed by atoms with Gasteiger partial charge in [-0.15, -0.1) is 11.3 Å².